The lowest BCUT2D eigenvalue weighted by Crippen LogP contribution is -2.44. The molecule has 0 aromatic heterocycles. The van der Waals surface area contributed by atoms with Crippen molar-refractivity contribution < 1.29 is 28.7 Å². The molecular formula is C38H68N8O6. The van der Waals surface area contributed by atoms with Gasteiger partial charge in [0, 0.05) is 65.4 Å². The van der Waals surface area contributed by atoms with Crippen molar-refractivity contribution in [2.45, 2.75) is 115 Å². The van der Waals surface area contributed by atoms with Crippen molar-refractivity contribution in [2.24, 2.45) is 35.1 Å². The molecule has 6 amide bonds. The topological polar surface area (TPSA) is 176 Å². The van der Waals surface area contributed by atoms with Gasteiger partial charge >= 0.3 is 24.2 Å². The van der Waals surface area contributed by atoms with Crippen LogP contribution < -0.4 is 22.1 Å². The molecule has 0 atom stereocenters. The molecule has 0 radical (unpaired) electrons. The maximum Gasteiger partial charge on any atom is 0.410 e. The summed E-state index contributed by atoms with van der Waals surface area (Å²) >= 11 is 0. The lowest BCUT2D eigenvalue weighted by molar-refractivity contribution is 0.0283. The maximum atomic E-state index is 13.2. The zero-order valence-electron chi connectivity index (χ0n) is 31.7. The third-order valence-electron chi connectivity index (χ3n) is 12.4. The Hall–Kier alpha value is -3.00. The lowest BCUT2D eigenvalue weighted by atomic mass is 9.82. The summed E-state index contributed by atoms with van der Waals surface area (Å²) in [5.41, 5.74) is 11.6. The molecule has 2 heterocycles. The van der Waals surface area contributed by atoms with Gasteiger partial charge in [-0.3, -0.25) is 0 Å². The Morgan fingerprint density at radius 3 is 1.13 bits per heavy atom. The molecule has 5 rings (SSSR count). The summed E-state index contributed by atoms with van der Waals surface area (Å²) in [6.45, 7) is 7.25. The largest absolute Gasteiger partial charge is 0.446 e. The fourth-order valence-corrected chi connectivity index (χ4v) is 8.74. The lowest BCUT2D eigenvalue weighted by Gasteiger charge is -2.29. The first kappa shape index (κ1) is 40.2. The van der Waals surface area contributed by atoms with E-state index < -0.39 is 0 Å². The van der Waals surface area contributed by atoms with Gasteiger partial charge in [0.1, 0.15) is 12.2 Å². The second-order valence-corrected chi connectivity index (χ2v) is 16.1. The van der Waals surface area contributed by atoms with Crippen LogP contribution in [-0.4, -0.2) is 135 Å². The zero-order valence-corrected chi connectivity index (χ0v) is 31.7. The number of urea groups is 2. The highest BCUT2D eigenvalue weighted by atomic mass is 16.6. The van der Waals surface area contributed by atoms with E-state index >= 15 is 0 Å². The van der Waals surface area contributed by atoms with Crippen LogP contribution in [0.1, 0.15) is 103 Å². The van der Waals surface area contributed by atoms with Crippen molar-refractivity contribution in [2.75, 3.05) is 78.5 Å². The molecule has 6 N–H and O–H groups in total. The third-order valence-corrected chi connectivity index (χ3v) is 12.4. The van der Waals surface area contributed by atoms with Gasteiger partial charge in [-0.15, -0.1) is 0 Å². The standard InChI is InChI=1S/C38H68N8O6/c39-25-29-9-13-31(14-10-29)27-41-35(47)43-17-3-19-45(23-21-43)37(49)51-33-5-1-6-34(8-2-7-33)52-38(50)46-20-4-18-44(22-24-46)36(48)42-28-32-15-11-30(26-40)12-16-32/h29-34H,1-28,39-40H2,(H,41,47)(H,42,48). The van der Waals surface area contributed by atoms with Gasteiger partial charge in [0.2, 0.25) is 0 Å². The number of amides is 6. The van der Waals surface area contributed by atoms with Gasteiger partial charge in [-0.05, 0) is 139 Å². The molecule has 5 aliphatic rings. The van der Waals surface area contributed by atoms with E-state index in [-0.39, 0.29) is 36.5 Å². The van der Waals surface area contributed by atoms with Crippen LogP contribution in [0.15, 0.2) is 0 Å². The summed E-state index contributed by atoms with van der Waals surface area (Å²) in [5, 5.41) is 6.26. The molecule has 14 nitrogen and oxygen atoms in total. The second-order valence-electron chi connectivity index (χ2n) is 16.1. The summed E-state index contributed by atoms with van der Waals surface area (Å²) in [5.74, 6) is 2.29. The van der Waals surface area contributed by atoms with E-state index in [1.165, 1.54) is 0 Å². The highest BCUT2D eigenvalue weighted by Gasteiger charge is 2.30. The van der Waals surface area contributed by atoms with E-state index in [2.05, 4.69) is 10.6 Å². The van der Waals surface area contributed by atoms with Crippen molar-refractivity contribution in [3.05, 3.63) is 0 Å². The Balaban J connectivity index is 0.945. The molecule has 14 heteroatoms. The number of carbonyl (C=O) groups is 4. The van der Waals surface area contributed by atoms with E-state index in [9.17, 15) is 19.2 Å². The van der Waals surface area contributed by atoms with Crippen LogP contribution in [0.3, 0.4) is 0 Å². The fourth-order valence-electron chi connectivity index (χ4n) is 8.74. The van der Waals surface area contributed by atoms with Crippen molar-refractivity contribution in [1.82, 2.24) is 30.2 Å². The number of ether oxygens (including phenoxy) is 2. The predicted octanol–water partition coefficient (Wildman–Crippen LogP) is 4.32. The Kier molecular flexibility index (Phi) is 16.3. The molecule has 52 heavy (non-hydrogen) atoms. The first-order valence-electron chi connectivity index (χ1n) is 20.7. The average Bonchev–Trinajstić information content (AvgIpc) is 3.57. The number of nitrogens with one attached hydrogen (secondary N) is 2. The van der Waals surface area contributed by atoms with Crippen LogP contribution in [0.4, 0.5) is 19.2 Å². The van der Waals surface area contributed by atoms with Crippen LogP contribution >= 0.6 is 0 Å². The van der Waals surface area contributed by atoms with Crippen molar-refractivity contribution in [1.29, 1.82) is 0 Å². The zero-order chi connectivity index (χ0) is 36.7. The monoisotopic (exact) mass is 733 g/mol. The first-order valence-corrected chi connectivity index (χ1v) is 20.7. The summed E-state index contributed by atoms with van der Waals surface area (Å²) in [6.07, 6.45) is 14.1. The van der Waals surface area contributed by atoms with Gasteiger partial charge in [0.05, 0.1) is 0 Å². The van der Waals surface area contributed by atoms with Crippen molar-refractivity contribution >= 4 is 24.2 Å². The molecule has 3 aliphatic carbocycles. The van der Waals surface area contributed by atoms with Crippen LogP contribution in [-0.2, 0) is 9.47 Å². The van der Waals surface area contributed by atoms with Crippen LogP contribution in [0, 0.1) is 23.7 Å². The minimum absolute atomic E-state index is 0.0428. The number of nitrogens with zero attached hydrogens (tertiary/aromatic N) is 4. The molecule has 0 aromatic carbocycles. The normalized spacial score (nSPS) is 29.5. The van der Waals surface area contributed by atoms with Crippen LogP contribution in [0.5, 0.6) is 0 Å². The molecule has 2 saturated heterocycles. The number of carbonyl (C=O) groups excluding carboxylic acids is 4. The van der Waals surface area contributed by atoms with E-state index in [4.69, 9.17) is 20.9 Å². The number of hydrogen-bond donors (Lipinski definition) is 4. The quantitative estimate of drug-likeness (QED) is 0.286. The van der Waals surface area contributed by atoms with Gasteiger partial charge in [0.15, 0.2) is 0 Å². The van der Waals surface area contributed by atoms with Gasteiger partial charge in [-0.2, -0.15) is 0 Å². The highest BCUT2D eigenvalue weighted by Crippen LogP contribution is 2.29. The van der Waals surface area contributed by atoms with Crippen LogP contribution in [0.2, 0.25) is 0 Å². The summed E-state index contributed by atoms with van der Waals surface area (Å²) in [6, 6.07) is -0.0855. The van der Waals surface area contributed by atoms with E-state index in [1.54, 1.807) is 9.80 Å². The van der Waals surface area contributed by atoms with Crippen molar-refractivity contribution in [3.8, 4) is 0 Å². The molecular weight excluding hydrogens is 664 g/mol. The Bertz CT molecular complexity index is 1040. The minimum atomic E-state index is -0.300. The van der Waals surface area contributed by atoms with Gasteiger partial charge in [-0.25, -0.2) is 19.2 Å². The average molecular weight is 733 g/mol. The summed E-state index contributed by atoms with van der Waals surface area (Å²) < 4.78 is 12.0. The molecule has 0 aromatic rings. The molecule has 0 spiro atoms. The predicted molar refractivity (Wildman–Crippen MR) is 200 cm³/mol. The SMILES string of the molecule is NCC1CCC(CNC(=O)N2CCCN(C(=O)OC3CCCC(OC(=O)N4CCCN(C(=O)NCC5CCC(CN)CC5)CC4)CCC3)CC2)CC1. The fraction of sp³-hybridized carbons (Fsp3) is 0.895. The van der Waals surface area contributed by atoms with Gasteiger partial charge in [0.25, 0.3) is 0 Å². The Labute approximate surface area is 311 Å². The summed E-state index contributed by atoms with van der Waals surface area (Å²) in [7, 11) is 0. The first-order chi connectivity index (χ1) is 25.3. The number of hydrogen-bond acceptors (Lipinski definition) is 8. The van der Waals surface area contributed by atoms with Crippen molar-refractivity contribution in [3.63, 3.8) is 0 Å². The highest BCUT2D eigenvalue weighted by molar-refractivity contribution is 5.75. The van der Waals surface area contributed by atoms with E-state index in [0.717, 1.165) is 116 Å². The third kappa shape index (κ3) is 12.6. The smallest absolute Gasteiger partial charge is 0.410 e. The molecule has 0 bridgehead atoms. The Morgan fingerprint density at radius 1 is 0.442 bits per heavy atom. The number of rotatable bonds is 8. The van der Waals surface area contributed by atoms with Crippen LogP contribution in [0.25, 0.3) is 0 Å². The second kappa shape index (κ2) is 21.0. The Morgan fingerprint density at radius 2 is 0.769 bits per heavy atom. The van der Waals surface area contributed by atoms with E-state index in [0.29, 0.717) is 89.1 Å². The summed E-state index contributed by atoms with van der Waals surface area (Å²) in [4.78, 5) is 59.2. The van der Waals surface area contributed by atoms with Gasteiger partial charge < -0.3 is 51.2 Å². The molecule has 3 saturated carbocycles. The number of nitrogens with two attached hydrogens (primary N) is 2. The maximum absolute atomic E-state index is 13.2. The molecule has 5 fully saturated rings. The molecule has 296 valence electrons. The van der Waals surface area contributed by atoms with Gasteiger partial charge in [-0.1, -0.05) is 0 Å². The molecule has 0 unspecified atom stereocenters. The molecule has 2 aliphatic heterocycles. The van der Waals surface area contributed by atoms with E-state index in [1.807, 2.05) is 9.80 Å². The minimum Gasteiger partial charge on any atom is -0.446 e.